The van der Waals surface area contributed by atoms with Gasteiger partial charge in [0.1, 0.15) is 0 Å². The number of aliphatic carboxylic acids is 1. The molecule has 4 rings (SSSR count). The Morgan fingerprint density at radius 1 is 0.920 bits per heavy atom. The van der Waals surface area contributed by atoms with Crippen LogP contribution >= 0.6 is 0 Å². The highest BCUT2D eigenvalue weighted by molar-refractivity contribution is 6.74. The molecule has 3 aliphatic carbocycles. The maximum absolute atomic E-state index is 11.2. The van der Waals surface area contributed by atoms with E-state index in [2.05, 4.69) is 93.7 Å². The highest BCUT2D eigenvalue weighted by atomic mass is 28.4. The topological polar surface area (TPSA) is 102 Å². The van der Waals surface area contributed by atoms with Crippen LogP contribution in [0.2, 0.25) is 36.3 Å². The molecular weight excluding hydrogens is 657 g/mol. The number of allylic oxidation sites excluding steroid dienone is 3. The Bertz CT molecular complexity index is 1170. The van der Waals surface area contributed by atoms with E-state index >= 15 is 0 Å². The van der Waals surface area contributed by atoms with Crippen LogP contribution in [0, 0.1) is 23.2 Å². The SMILES string of the molecule is C[C@H](CCC(=O)O)[C@H]1CC[C@H]2C(=CC=C3C[C@@H](O[Si](C)(C)C(C)(C)C)C[C@H](O[Si](C)(C)C(C)(C)C)C3)CCC[C@]12C.NC(=O)N1CCCCC1. The Balaban J connectivity index is 0.000000650. The highest BCUT2D eigenvalue weighted by Gasteiger charge is 2.50. The van der Waals surface area contributed by atoms with Crippen molar-refractivity contribution in [2.24, 2.45) is 28.9 Å². The molecule has 7 nitrogen and oxygen atoms in total. The average Bonchev–Trinajstić information content (AvgIpc) is 3.35. The number of carboxylic acid groups (broad SMARTS) is 1. The van der Waals surface area contributed by atoms with Crippen molar-refractivity contribution in [3.8, 4) is 0 Å². The maximum Gasteiger partial charge on any atom is 0.314 e. The molecular formula is C41H76N2O5Si2. The fourth-order valence-electron chi connectivity index (χ4n) is 8.74. The second-order valence-corrected chi connectivity index (χ2v) is 29.1. The summed E-state index contributed by atoms with van der Waals surface area (Å²) in [5.41, 5.74) is 8.48. The molecule has 9 heteroatoms. The Labute approximate surface area is 308 Å². The number of hydrogen-bond donors (Lipinski definition) is 2. The smallest absolute Gasteiger partial charge is 0.314 e. The number of fused-ring (bicyclic) bond motifs is 1. The number of rotatable bonds is 9. The normalized spacial score (nSPS) is 29.6. The van der Waals surface area contributed by atoms with Crippen LogP contribution in [0.15, 0.2) is 23.3 Å². The van der Waals surface area contributed by atoms with Crippen LogP contribution < -0.4 is 5.73 Å². The van der Waals surface area contributed by atoms with E-state index in [4.69, 9.17) is 14.6 Å². The van der Waals surface area contributed by atoms with E-state index in [0.29, 0.717) is 29.6 Å². The quantitative estimate of drug-likeness (QED) is 0.230. The van der Waals surface area contributed by atoms with Crippen LogP contribution in [0.4, 0.5) is 4.79 Å². The number of hydrogen-bond acceptors (Lipinski definition) is 4. The molecule has 0 radical (unpaired) electrons. The molecule has 1 saturated heterocycles. The van der Waals surface area contributed by atoms with Gasteiger partial charge in [-0.2, -0.15) is 0 Å². The molecule has 2 amide bonds. The van der Waals surface area contributed by atoms with E-state index < -0.39 is 22.6 Å². The lowest BCUT2D eigenvalue weighted by molar-refractivity contribution is -0.137. The van der Waals surface area contributed by atoms with Gasteiger partial charge >= 0.3 is 12.0 Å². The summed E-state index contributed by atoms with van der Waals surface area (Å²) in [7, 11) is -3.77. The molecule has 1 aliphatic heterocycles. The van der Waals surface area contributed by atoms with Gasteiger partial charge in [-0.15, -0.1) is 0 Å². The first-order valence-electron chi connectivity index (χ1n) is 20.0. The van der Waals surface area contributed by atoms with Gasteiger partial charge < -0.3 is 24.6 Å². The molecule has 0 aromatic heterocycles. The number of nitrogens with two attached hydrogens (primary N) is 1. The third kappa shape index (κ3) is 11.3. The molecule has 0 aromatic rings. The number of likely N-dealkylation sites (tertiary alicyclic amines) is 1. The molecule has 0 aromatic carbocycles. The van der Waals surface area contributed by atoms with Crippen LogP contribution in [0.3, 0.4) is 0 Å². The van der Waals surface area contributed by atoms with Crippen molar-refractivity contribution in [2.75, 3.05) is 13.1 Å². The van der Waals surface area contributed by atoms with Crippen molar-refractivity contribution < 1.29 is 23.5 Å². The summed E-state index contributed by atoms with van der Waals surface area (Å²) in [6, 6.07) is -0.269. The first kappa shape index (κ1) is 43.0. The summed E-state index contributed by atoms with van der Waals surface area (Å²) < 4.78 is 14.1. The first-order chi connectivity index (χ1) is 23.0. The van der Waals surface area contributed by atoms with Crippen molar-refractivity contribution in [3.63, 3.8) is 0 Å². The number of carboxylic acids is 1. The number of amides is 2. The van der Waals surface area contributed by atoms with Crippen molar-refractivity contribution >= 4 is 28.6 Å². The van der Waals surface area contributed by atoms with Gasteiger partial charge in [0.25, 0.3) is 0 Å². The molecule has 50 heavy (non-hydrogen) atoms. The number of piperidine rings is 1. The molecule has 288 valence electrons. The van der Waals surface area contributed by atoms with E-state index in [9.17, 15) is 14.7 Å². The maximum atomic E-state index is 11.2. The van der Waals surface area contributed by atoms with E-state index in [1.165, 1.54) is 44.1 Å². The van der Waals surface area contributed by atoms with Gasteiger partial charge in [-0.25, -0.2) is 4.79 Å². The first-order valence-corrected chi connectivity index (χ1v) is 25.8. The highest BCUT2D eigenvalue weighted by Crippen LogP contribution is 2.60. The summed E-state index contributed by atoms with van der Waals surface area (Å²) in [4.78, 5) is 23.4. The minimum atomic E-state index is -1.89. The average molecular weight is 733 g/mol. The van der Waals surface area contributed by atoms with Crippen LogP contribution in [-0.4, -0.2) is 63.9 Å². The Kier molecular flexibility index (Phi) is 14.7. The minimum absolute atomic E-state index is 0.194. The van der Waals surface area contributed by atoms with Gasteiger partial charge in [-0.1, -0.05) is 78.7 Å². The molecule has 0 spiro atoms. The van der Waals surface area contributed by atoms with E-state index in [-0.39, 0.29) is 28.3 Å². The van der Waals surface area contributed by atoms with Crippen LogP contribution in [-0.2, 0) is 13.6 Å². The minimum Gasteiger partial charge on any atom is -0.481 e. The van der Waals surface area contributed by atoms with Gasteiger partial charge in [-0.3, -0.25) is 4.79 Å². The van der Waals surface area contributed by atoms with Gasteiger partial charge in [0.05, 0.1) is 12.2 Å². The zero-order chi connectivity index (χ0) is 37.7. The van der Waals surface area contributed by atoms with E-state index in [0.717, 1.165) is 51.6 Å². The third-order valence-electron chi connectivity index (χ3n) is 13.8. The number of carbonyl (C=O) groups excluding carboxylic acids is 1. The lowest BCUT2D eigenvalue weighted by atomic mass is 9.60. The summed E-state index contributed by atoms with van der Waals surface area (Å²) in [6.45, 7) is 30.1. The molecule has 4 fully saturated rings. The fourth-order valence-corrected chi connectivity index (χ4v) is 11.5. The lowest BCUT2D eigenvalue weighted by Crippen LogP contribution is -2.48. The standard InChI is InChI=1S/C35H64O4Si2.C6H12N2O/c1-25(15-20-32(36)37)30-18-19-31-27(14-13-21-35(30,31)8)17-16-26-22-28(38-40(9,10)33(2,3)4)24-29(23-26)39-41(11,12)34(5,6)7;7-6(9)8-4-2-1-3-5-8/h16-17,25,28-31H,13-15,18-24H2,1-12H3,(H,36,37);1-5H2,(H2,7,9)/t25-,28-,29-,30-,31+,35-;/m1./s1. The van der Waals surface area contributed by atoms with Crippen molar-refractivity contribution in [3.05, 3.63) is 23.3 Å². The molecule has 3 N–H and O–H groups in total. The third-order valence-corrected chi connectivity index (χ3v) is 22.8. The van der Waals surface area contributed by atoms with Crippen molar-refractivity contribution in [1.82, 2.24) is 4.90 Å². The largest absolute Gasteiger partial charge is 0.481 e. The number of carbonyl (C=O) groups is 2. The van der Waals surface area contributed by atoms with E-state index in [1.54, 1.807) is 10.5 Å². The predicted octanol–water partition coefficient (Wildman–Crippen LogP) is 11.1. The number of nitrogens with zero attached hydrogens (tertiary/aromatic N) is 1. The van der Waals surface area contributed by atoms with Gasteiger partial charge in [0.15, 0.2) is 16.6 Å². The molecule has 4 aliphatic rings. The van der Waals surface area contributed by atoms with Gasteiger partial charge in [-0.05, 0) is 136 Å². The number of primary amides is 1. The van der Waals surface area contributed by atoms with E-state index in [1.807, 2.05) is 0 Å². The summed E-state index contributed by atoms with van der Waals surface area (Å²) >= 11 is 0. The van der Waals surface area contributed by atoms with Gasteiger partial charge in [0.2, 0.25) is 0 Å². The second kappa shape index (κ2) is 17.1. The summed E-state index contributed by atoms with van der Waals surface area (Å²) in [5, 5.41) is 9.64. The van der Waals surface area contributed by atoms with Crippen LogP contribution in [0.1, 0.15) is 139 Å². The second-order valence-electron chi connectivity index (χ2n) is 19.6. The Hall–Kier alpha value is -1.43. The Morgan fingerprint density at radius 3 is 1.92 bits per heavy atom. The number of urea groups is 1. The molecule has 3 saturated carbocycles. The molecule has 0 bridgehead atoms. The molecule has 0 unspecified atom stereocenters. The lowest BCUT2D eigenvalue weighted by Gasteiger charge is -2.45. The van der Waals surface area contributed by atoms with Crippen LogP contribution in [0.25, 0.3) is 0 Å². The van der Waals surface area contributed by atoms with Gasteiger partial charge in [0, 0.05) is 19.5 Å². The fraction of sp³-hybridized carbons (Fsp3) is 0.854. The zero-order valence-corrected chi connectivity index (χ0v) is 36.3. The van der Waals surface area contributed by atoms with Crippen molar-refractivity contribution in [2.45, 2.75) is 187 Å². The Morgan fingerprint density at radius 2 is 1.46 bits per heavy atom. The zero-order valence-electron chi connectivity index (χ0n) is 34.3. The summed E-state index contributed by atoms with van der Waals surface area (Å²) in [5.74, 6) is 1.07. The van der Waals surface area contributed by atoms with Crippen LogP contribution in [0.5, 0.6) is 0 Å². The predicted molar refractivity (Wildman–Crippen MR) is 213 cm³/mol. The molecule has 1 heterocycles. The van der Waals surface area contributed by atoms with Crippen molar-refractivity contribution in [1.29, 1.82) is 0 Å². The molecule has 6 atom stereocenters. The monoisotopic (exact) mass is 733 g/mol. The summed E-state index contributed by atoms with van der Waals surface area (Å²) in [6.07, 6.45) is 19.2.